The van der Waals surface area contributed by atoms with Crippen molar-refractivity contribution in [3.05, 3.63) is 46.6 Å². The topological polar surface area (TPSA) is 46.8 Å². The number of fused-ring (bicyclic) bond motifs is 1. The van der Waals surface area contributed by atoms with Crippen LogP contribution in [0.3, 0.4) is 0 Å². The van der Waals surface area contributed by atoms with Crippen molar-refractivity contribution in [1.29, 1.82) is 0 Å². The van der Waals surface area contributed by atoms with E-state index >= 15 is 0 Å². The number of thiazole rings is 1. The third-order valence-corrected chi connectivity index (χ3v) is 8.00. The van der Waals surface area contributed by atoms with Gasteiger partial charge in [-0.2, -0.15) is 0 Å². The van der Waals surface area contributed by atoms with Crippen LogP contribution in [0.1, 0.15) is 76.8 Å². The molecular formula is C28H38ClN3O2S. The van der Waals surface area contributed by atoms with Gasteiger partial charge in [0.2, 0.25) is 5.91 Å². The minimum Gasteiger partial charge on any atom is -0.376 e. The molecule has 1 fully saturated rings. The van der Waals surface area contributed by atoms with E-state index in [0.29, 0.717) is 13.0 Å². The van der Waals surface area contributed by atoms with Crippen molar-refractivity contribution in [2.24, 2.45) is 0 Å². The van der Waals surface area contributed by atoms with E-state index in [1.165, 1.54) is 37.8 Å². The highest BCUT2D eigenvalue weighted by Crippen LogP contribution is 2.25. The van der Waals surface area contributed by atoms with E-state index in [9.17, 15) is 4.79 Å². The van der Waals surface area contributed by atoms with Crippen molar-refractivity contribution in [2.45, 2.75) is 83.7 Å². The largest absolute Gasteiger partial charge is 0.376 e. The molecular weight excluding hydrogens is 478 g/mol. The molecule has 1 saturated heterocycles. The average Bonchev–Trinajstić information content (AvgIpc) is 3.60. The van der Waals surface area contributed by atoms with Crippen LogP contribution in [0.25, 0.3) is 16.2 Å². The fourth-order valence-electron chi connectivity index (χ4n) is 4.76. The number of hydrogen-bond acceptors (Lipinski definition) is 4. The van der Waals surface area contributed by atoms with Gasteiger partial charge in [0.05, 0.1) is 11.8 Å². The summed E-state index contributed by atoms with van der Waals surface area (Å²) < 4.78 is 8.03. The summed E-state index contributed by atoms with van der Waals surface area (Å²) in [4.78, 5) is 21.0. The molecule has 1 aliphatic heterocycles. The van der Waals surface area contributed by atoms with Crippen LogP contribution in [-0.2, 0) is 16.0 Å². The van der Waals surface area contributed by atoms with E-state index < -0.39 is 0 Å². The summed E-state index contributed by atoms with van der Waals surface area (Å²) in [6.45, 7) is 4.49. The summed E-state index contributed by atoms with van der Waals surface area (Å²) in [7, 11) is 0. The Morgan fingerprint density at radius 2 is 1.94 bits per heavy atom. The van der Waals surface area contributed by atoms with E-state index in [1.54, 1.807) is 11.3 Å². The lowest BCUT2D eigenvalue weighted by molar-refractivity contribution is -0.132. The first kappa shape index (κ1) is 26.2. The SMILES string of the molecule is CCCCCCCCCC(=O)N(CCc1csc2nc(-c3ccc(Cl)cc3)cn12)C[C@@H]1CCCO1. The van der Waals surface area contributed by atoms with E-state index in [0.717, 1.165) is 66.5 Å². The number of benzene rings is 1. The zero-order valence-corrected chi connectivity index (χ0v) is 22.5. The highest BCUT2D eigenvalue weighted by molar-refractivity contribution is 7.15. The standard InChI is InChI=1S/C28H38ClN3O2S/c1-2-3-4-5-6-7-8-11-27(33)31(19-25-10-9-18-34-25)17-16-24-21-35-28-30-26(20-32(24)28)22-12-14-23(29)15-13-22/h12-15,20-21,25H,2-11,16-19H2,1H3/t25-/m0/s1. The molecule has 3 aromatic rings. The Kier molecular flexibility index (Phi) is 10.0. The third kappa shape index (κ3) is 7.55. The fraction of sp³-hybridized carbons (Fsp3) is 0.571. The molecule has 0 aliphatic carbocycles. The molecule has 35 heavy (non-hydrogen) atoms. The molecule has 5 nitrogen and oxygen atoms in total. The quantitative estimate of drug-likeness (QED) is 0.210. The predicted molar refractivity (Wildman–Crippen MR) is 145 cm³/mol. The lowest BCUT2D eigenvalue weighted by Crippen LogP contribution is -2.38. The van der Waals surface area contributed by atoms with Gasteiger partial charge in [-0.3, -0.25) is 9.20 Å². The van der Waals surface area contributed by atoms with E-state index in [1.807, 2.05) is 29.2 Å². The van der Waals surface area contributed by atoms with E-state index in [4.69, 9.17) is 21.3 Å². The third-order valence-electron chi connectivity index (χ3n) is 6.86. The van der Waals surface area contributed by atoms with Crippen LogP contribution in [0.2, 0.25) is 5.02 Å². The molecule has 7 heteroatoms. The maximum absolute atomic E-state index is 13.1. The molecule has 4 rings (SSSR count). The smallest absolute Gasteiger partial charge is 0.222 e. The van der Waals surface area contributed by atoms with Gasteiger partial charge in [-0.15, -0.1) is 11.3 Å². The van der Waals surface area contributed by atoms with Gasteiger partial charge >= 0.3 is 0 Å². The lowest BCUT2D eigenvalue weighted by atomic mass is 10.1. The molecule has 1 amide bonds. The minimum atomic E-state index is 0.181. The summed E-state index contributed by atoms with van der Waals surface area (Å²) in [6.07, 6.45) is 14.5. The first-order chi connectivity index (χ1) is 17.1. The highest BCUT2D eigenvalue weighted by atomic mass is 35.5. The number of ether oxygens (including phenoxy) is 1. The van der Waals surface area contributed by atoms with Gasteiger partial charge in [0, 0.05) is 60.4 Å². The number of aromatic nitrogens is 2. The summed E-state index contributed by atoms with van der Waals surface area (Å²) in [6, 6.07) is 7.79. The van der Waals surface area contributed by atoms with Gasteiger partial charge < -0.3 is 9.64 Å². The Hall–Kier alpha value is -1.89. The Labute approximate surface area is 218 Å². The maximum Gasteiger partial charge on any atom is 0.222 e. The second-order valence-corrected chi connectivity index (χ2v) is 10.9. The van der Waals surface area contributed by atoms with Crippen molar-refractivity contribution in [3.8, 4) is 11.3 Å². The molecule has 0 spiro atoms. The molecule has 1 aliphatic rings. The second-order valence-electron chi connectivity index (χ2n) is 9.61. The highest BCUT2D eigenvalue weighted by Gasteiger charge is 2.23. The number of hydrogen-bond donors (Lipinski definition) is 0. The maximum atomic E-state index is 13.1. The molecule has 0 radical (unpaired) electrons. The molecule has 0 bridgehead atoms. The Morgan fingerprint density at radius 3 is 2.69 bits per heavy atom. The lowest BCUT2D eigenvalue weighted by Gasteiger charge is -2.25. The zero-order valence-electron chi connectivity index (χ0n) is 20.9. The molecule has 0 unspecified atom stereocenters. The summed E-state index contributed by atoms with van der Waals surface area (Å²) >= 11 is 7.69. The molecule has 3 heterocycles. The summed E-state index contributed by atoms with van der Waals surface area (Å²) in [5.41, 5.74) is 3.20. The normalized spacial score (nSPS) is 15.8. The van der Waals surface area contributed by atoms with Gasteiger partial charge in [-0.05, 0) is 31.4 Å². The van der Waals surface area contributed by atoms with Gasteiger partial charge in [0.25, 0.3) is 0 Å². The number of unbranched alkanes of at least 4 members (excludes halogenated alkanes) is 6. The Morgan fingerprint density at radius 1 is 1.17 bits per heavy atom. The van der Waals surface area contributed by atoms with Crippen LogP contribution < -0.4 is 0 Å². The first-order valence-electron chi connectivity index (χ1n) is 13.2. The number of amides is 1. The van der Waals surface area contributed by atoms with Crippen LogP contribution in [0.4, 0.5) is 0 Å². The number of rotatable bonds is 14. The van der Waals surface area contributed by atoms with Crippen LogP contribution in [0.15, 0.2) is 35.8 Å². The number of halogens is 1. The van der Waals surface area contributed by atoms with Crippen LogP contribution in [0, 0.1) is 0 Å². The monoisotopic (exact) mass is 515 g/mol. The van der Waals surface area contributed by atoms with Gasteiger partial charge in [0.1, 0.15) is 0 Å². The van der Waals surface area contributed by atoms with E-state index in [2.05, 4.69) is 22.9 Å². The van der Waals surface area contributed by atoms with Crippen LogP contribution in [0.5, 0.6) is 0 Å². The van der Waals surface area contributed by atoms with Crippen molar-refractivity contribution in [1.82, 2.24) is 14.3 Å². The fourth-order valence-corrected chi connectivity index (χ4v) is 5.80. The van der Waals surface area contributed by atoms with Gasteiger partial charge in [0.15, 0.2) is 4.96 Å². The Balaban J connectivity index is 1.35. The number of carbonyl (C=O) groups excluding carboxylic acids is 1. The number of carbonyl (C=O) groups is 1. The first-order valence-corrected chi connectivity index (χ1v) is 14.5. The Bertz CT molecular complexity index is 1060. The second kappa shape index (κ2) is 13.4. The number of nitrogens with zero attached hydrogens (tertiary/aromatic N) is 3. The molecule has 190 valence electrons. The van der Waals surface area contributed by atoms with Gasteiger partial charge in [-0.1, -0.05) is 69.2 Å². The number of imidazole rings is 1. The van der Waals surface area contributed by atoms with Crippen molar-refractivity contribution in [2.75, 3.05) is 19.7 Å². The zero-order chi connectivity index (χ0) is 24.5. The van der Waals surface area contributed by atoms with Crippen molar-refractivity contribution < 1.29 is 9.53 Å². The van der Waals surface area contributed by atoms with Crippen molar-refractivity contribution in [3.63, 3.8) is 0 Å². The van der Waals surface area contributed by atoms with Crippen LogP contribution in [-0.4, -0.2) is 46.0 Å². The summed E-state index contributed by atoms with van der Waals surface area (Å²) in [5, 5.41) is 2.89. The minimum absolute atomic E-state index is 0.181. The van der Waals surface area contributed by atoms with E-state index in [-0.39, 0.29) is 12.0 Å². The predicted octanol–water partition coefficient (Wildman–Crippen LogP) is 7.41. The molecule has 0 N–H and O–H groups in total. The molecule has 1 aromatic carbocycles. The van der Waals surface area contributed by atoms with Crippen molar-refractivity contribution >= 4 is 33.8 Å². The van der Waals surface area contributed by atoms with Gasteiger partial charge in [-0.25, -0.2) is 4.98 Å². The molecule has 0 saturated carbocycles. The summed E-state index contributed by atoms with van der Waals surface area (Å²) in [5.74, 6) is 0.271. The molecule has 2 aromatic heterocycles. The molecule has 1 atom stereocenters. The average molecular weight is 516 g/mol. The van der Waals surface area contributed by atoms with Crippen LogP contribution >= 0.6 is 22.9 Å².